The van der Waals surface area contributed by atoms with E-state index in [1.165, 1.54) is 11.3 Å². The molecule has 1 rings (SSSR count). The first-order chi connectivity index (χ1) is 10.0. The maximum absolute atomic E-state index is 12.3. The molecule has 0 aliphatic carbocycles. The number of hydrogen-bond donors (Lipinski definition) is 2. The van der Waals surface area contributed by atoms with Crippen LogP contribution in [0.4, 0.5) is 0 Å². The van der Waals surface area contributed by atoms with Gasteiger partial charge in [-0.25, -0.2) is 13.1 Å². The van der Waals surface area contributed by atoms with Gasteiger partial charge < -0.3 is 10.1 Å². The number of hydrogen-bond acceptors (Lipinski definition) is 5. The molecule has 0 spiro atoms. The molecule has 0 aromatic carbocycles. The summed E-state index contributed by atoms with van der Waals surface area (Å²) in [4.78, 5) is 2.27. The third kappa shape index (κ3) is 6.44. The molecule has 0 unspecified atom stereocenters. The van der Waals surface area contributed by atoms with Crippen molar-refractivity contribution in [2.24, 2.45) is 0 Å². The van der Waals surface area contributed by atoms with Gasteiger partial charge in [-0.1, -0.05) is 13.8 Å². The van der Waals surface area contributed by atoms with Crippen molar-refractivity contribution in [1.29, 1.82) is 0 Å². The molecule has 1 aromatic heterocycles. The van der Waals surface area contributed by atoms with Crippen LogP contribution >= 0.6 is 11.3 Å². The van der Waals surface area contributed by atoms with Gasteiger partial charge in [0.1, 0.15) is 0 Å². The lowest BCUT2D eigenvalue weighted by Crippen LogP contribution is -2.25. The number of aryl methyl sites for hydroxylation is 1. The molecule has 2 N–H and O–H groups in total. The first-order valence-corrected chi connectivity index (χ1v) is 9.68. The second kappa shape index (κ2) is 9.53. The Labute approximate surface area is 132 Å². The van der Waals surface area contributed by atoms with E-state index in [0.717, 1.165) is 29.3 Å². The third-order valence-electron chi connectivity index (χ3n) is 2.87. The molecule has 0 saturated carbocycles. The summed E-state index contributed by atoms with van der Waals surface area (Å²) in [6.07, 6.45) is 1.67. The van der Waals surface area contributed by atoms with Crippen LogP contribution < -0.4 is 10.0 Å². The van der Waals surface area contributed by atoms with Crippen molar-refractivity contribution < 1.29 is 13.2 Å². The van der Waals surface area contributed by atoms with E-state index in [0.29, 0.717) is 31.0 Å². The Morgan fingerprint density at radius 2 is 2.05 bits per heavy atom. The number of thiophene rings is 1. The number of sulfonamides is 1. The fourth-order valence-electron chi connectivity index (χ4n) is 1.83. The van der Waals surface area contributed by atoms with Gasteiger partial charge in [0.15, 0.2) is 0 Å². The quantitative estimate of drug-likeness (QED) is 0.609. The van der Waals surface area contributed by atoms with Gasteiger partial charge in [-0.15, -0.1) is 11.3 Å². The molecule has 0 radical (unpaired) electrons. The Balaban J connectivity index is 2.51. The average molecular weight is 335 g/mol. The Bertz CT molecular complexity index is 512. The van der Waals surface area contributed by atoms with E-state index in [4.69, 9.17) is 4.74 Å². The highest BCUT2D eigenvalue weighted by Gasteiger charge is 2.19. The molecule has 0 amide bonds. The molecule has 1 heterocycles. The van der Waals surface area contributed by atoms with Gasteiger partial charge in [0.2, 0.25) is 10.0 Å². The molecule has 7 heteroatoms. The van der Waals surface area contributed by atoms with Crippen molar-refractivity contribution in [3.8, 4) is 0 Å². The zero-order valence-corrected chi connectivity index (χ0v) is 14.7. The number of nitrogens with one attached hydrogen (secondary N) is 2. The highest BCUT2D eigenvalue weighted by Crippen LogP contribution is 2.25. The summed E-state index contributed by atoms with van der Waals surface area (Å²) < 4.78 is 32.5. The van der Waals surface area contributed by atoms with Gasteiger partial charge in [0, 0.05) is 36.1 Å². The lowest BCUT2D eigenvalue weighted by atomic mass is 10.4. The van der Waals surface area contributed by atoms with Crippen LogP contribution in [0.1, 0.15) is 36.4 Å². The smallest absolute Gasteiger partial charge is 0.241 e. The van der Waals surface area contributed by atoms with Crippen molar-refractivity contribution in [3.05, 3.63) is 15.8 Å². The Hall–Kier alpha value is -0.470. The van der Waals surface area contributed by atoms with Crippen molar-refractivity contribution in [2.45, 2.75) is 45.1 Å². The van der Waals surface area contributed by atoms with Crippen LogP contribution in [0, 0.1) is 6.92 Å². The largest absolute Gasteiger partial charge is 0.381 e. The lowest BCUT2D eigenvalue weighted by Gasteiger charge is -2.06. The number of rotatable bonds is 11. The van der Waals surface area contributed by atoms with Gasteiger partial charge in [-0.2, -0.15) is 0 Å². The zero-order chi connectivity index (χ0) is 15.7. The van der Waals surface area contributed by atoms with Crippen molar-refractivity contribution >= 4 is 21.4 Å². The van der Waals surface area contributed by atoms with E-state index in [1.54, 1.807) is 6.07 Å². The molecule has 0 bridgehead atoms. The van der Waals surface area contributed by atoms with Crippen LogP contribution in [0.25, 0.3) is 0 Å². The Kier molecular flexibility index (Phi) is 8.43. The van der Waals surface area contributed by atoms with Gasteiger partial charge in [-0.3, -0.25) is 0 Å². The van der Waals surface area contributed by atoms with Crippen molar-refractivity contribution in [1.82, 2.24) is 10.0 Å². The minimum absolute atomic E-state index is 0.398. The summed E-state index contributed by atoms with van der Waals surface area (Å²) in [5, 5.41) is 3.21. The maximum atomic E-state index is 12.3. The molecule has 1 aromatic rings. The molecule has 5 nitrogen and oxygen atoms in total. The SMILES string of the molecule is CCCOCCCNS(=O)(=O)c1cc(CNCC)sc1C. The molecule has 0 aliphatic heterocycles. The fraction of sp³-hybridized carbons (Fsp3) is 0.714. The first kappa shape index (κ1) is 18.6. The Morgan fingerprint density at radius 3 is 2.71 bits per heavy atom. The minimum Gasteiger partial charge on any atom is -0.381 e. The Morgan fingerprint density at radius 1 is 1.29 bits per heavy atom. The summed E-state index contributed by atoms with van der Waals surface area (Å²) in [5.74, 6) is 0. The third-order valence-corrected chi connectivity index (χ3v) is 5.63. The standard InChI is InChI=1S/C14H26N2O3S2/c1-4-8-19-9-6-7-16-21(17,18)14-10-13(11-15-5-2)20-12(14)3/h10,15-16H,4-9,11H2,1-3H3. The van der Waals surface area contributed by atoms with E-state index < -0.39 is 10.0 Å². The monoisotopic (exact) mass is 334 g/mol. The molecular weight excluding hydrogens is 308 g/mol. The van der Waals surface area contributed by atoms with Crippen LogP contribution in [0.2, 0.25) is 0 Å². The maximum Gasteiger partial charge on any atom is 0.241 e. The van der Waals surface area contributed by atoms with Gasteiger partial charge >= 0.3 is 0 Å². The predicted molar refractivity (Wildman–Crippen MR) is 87.4 cm³/mol. The second-order valence-electron chi connectivity index (χ2n) is 4.78. The van der Waals surface area contributed by atoms with Gasteiger partial charge in [-0.05, 0) is 32.4 Å². The molecule has 0 atom stereocenters. The second-order valence-corrected chi connectivity index (χ2v) is 7.85. The van der Waals surface area contributed by atoms with Gasteiger partial charge in [0.05, 0.1) is 4.90 Å². The van der Waals surface area contributed by atoms with Crippen LogP contribution in [0.3, 0.4) is 0 Å². The molecule has 0 saturated heterocycles. The van der Waals surface area contributed by atoms with Crippen LogP contribution in [0.15, 0.2) is 11.0 Å². The lowest BCUT2D eigenvalue weighted by molar-refractivity contribution is 0.133. The zero-order valence-electron chi connectivity index (χ0n) is 13.1. The van der Waals surface area contributed by atoms with Crippen molar-refractivity contribution in [3.63, 3.8) is 0 Å². The minimum atomic E-state index is -3.41. The summed E-state index contributed by atoms with van der Waals surface area (Å²) in [7, 11) is -3.41. The molecule has 0 fully saturated rings. The molecular formula is C14H26N2O3S2. The van der Waals surface area contributed by atoms with E-state index in [-0.39, 0.29) is 0 Å². The topological polar surface area (TPSA) is 67.4 Å². The highest BCUT2D eigenvalue weighted by molar-refractivity contribution is 7.89. The average Bonchev–Trinajstić information content (AvgIpc) is 2.82. The van der Waals surface area contributed by atoms with E-state index in [2.05, 4.69) is 10.0 Å². The van der Waals surface area contributed by atoms with Crippen molar-refractivity contribution in [2.75, 3.05) is 26.3 Å². The van der Waals surface area contributed by atoms with Crippen LogP contribution in [-0.2, 0) is 21.3 Å². The van der Waals surface area contributed by atoms with Gasteiger partial charge in [0.25, 0.3) is 0 Å². The highest BCUT2D eigenvalue weighted by atomic mass is 32.2. The fourth-order valence-corrected chi connectivity index (χ4v) is 4.51. The predicted octanol–water partition coefficient (Wildman–Crippen LogP) is 2.26. The number of ether oxygens (including phenoxy) is 1. The summed E-state index contributed by atoms with van der Waals surface area (Å²) in [5.41, 5.74) is 0. The molecule has 21 heavy (non-hydrogen) atoms. The van der Waals surface area contributed by atoms with E-state index in [9.17, 15) is 8.42 Å². The summed E-state index contributed by atoms with van der Waals surface area (Å²) in [6.45, 7) is 9.22. The van der Waals surface area contributed by atoms with Crippen LogP contribution in [-0.4, -0.2) is 34.7 Å². The first-order valence-electron chi connectivity index (χ1n) is 7.38. The summed E-state index contributed by atoms with van der Waals surface area (Å²) >= 11 is 1.53. The van der Waals surface area contributed by atoms with E-state index >= 15 is 0 Å². The van der Waals surface area contributed by atoms with Crippen LogP contribution in [0.5, 0.6) is 0 Å². The normalized spacial score (nSPS) is 12.0. The summed E-state index contributed by atoms with van der Waals surface area (Å²) in [6, 6.07) is 1.76. The molecule has 122 valence electrons. The van der Waals surface area contributed by atoms with E-state index in [1.807, 2.05) is 20.8 Å². The molecule has 0 aliphatic rings.